The zero-order valence-electron chi connectivity index (χ0n) is 17.4. The van der Waals surface area contributed by atoms with Crippen molar-refractivity contribution in [3.05, 3.63) is 72.6 Å². The van der Waals surface area contributed by atoms with Crippen molar-refractivity contribution in [3.8, 4) is 17.1 Å². The Bertz CT molecular complexity index is 1270. The van der Waals surface area contributed by atoms with Gasteiger partial charge in [-0.3, -0.25) is 4.98 Å². The molecule has 2 N–H and O–H groups in total. The van der Waals surface area contributed by atoms with Gasteiger partial charge in [-0.2, -0.15) is 0 Å². The molecule has 0 aliphatic heterocycles. The van der Waals surface area contributed by atoms with Gasteiger partial charge in [0.2, 0.25) is 0 Å². The van der Waals surface area contributed by atoms with Crippen molar-refractivity contribution >= 4 is 28.4 Å². The molecule has 1 aliphatic carbocycles. The van der Waals surface area contributed by atoms with Crippen LogP contribution in [0.3, 0.4) is 0 Å². The molecule has 5 rings (SSSR count). The largest absolute Gasteiger partial charge is 0.490 e. The van der Waals surface area contributed by atoms with Crippen LogP contribution in [0.25, 0.3) is 22.3 Å². The SMILES string of the molecule is O=C(O)c1ccccc1Nc1nc(-c2cccnc2)nc2ccc(OC3CCCC3)cc12. The number of nitrogens with zero attached hydrogens (tertiary/aromatic N) is 3. The summed E-state index contributed by atoms with van der Waals surface area (Å²) in [6.07, 6.45) is 8.13. The summed E-state index contributed by atoms with van der Waals surface area (Å²) in [6.45, 7) is 0. The second kappa shape index (κ2) is 8.63. The van der Waals surface area contributed by atoms with Crippen LogP contribution in [0.5, 0.6) is 5.75 Å². The van der Waals surface area contributed by atoms with Crippen LogP contribution in [0, 0.1) is 0 Å². The Balaban J connectivity index is 1.62. The van der Waals surface area contributed by atoms with E-state index in [4.69, 9.17) is 14.7 Å². The number of hydrogen-bond donors (Lipinski definition) is 2. The first-order valence-corrected chi connectivity index (χ1v) is 10.7. The third kappa shape index (κ3) is 4.09. The molecule has 32 heavy (non-hydrogen) atoms. The van der Waals surface area contributed by atoms with Crippen LogP contribution in [-0.2, 0) is 0 Å². The summed E-state index contributed by atoms with van der Waals surface area (Å²) in [5.41, 5.74) is 2.13. The number of carbonyl (C=O) groups is 1. The fraction of sp³-hybridized carbons (Fsp3) is 0.200. The number of nitrogens with one attached hydrogen (secondary N) is 1. The van der Waals surface area contributed by atoms with E-state index in [1.54, 1.807) is 36.7 Å². The van der Waals surface area contributed by atoms with Crippen LogP contribution in [-0.4, -0.2) is 32.1 Å². The third-order valence-electron chi connectivity index (χ3n) is 5.60. The van der Waals surface area contributed by atoms with Gasteiger partial charge in [0.05, 0.1) is 22.9 Å². The molecule has 1 saturated carbocycles. The molecule has 0 amide bonds. The minimum atomic E-state index is -1.01. The van der Waals surface area contributed by atoms with Gasteiger partial charge in [-0.25, -0.2) is 14.8 Å². The molecule has 0 unspecified atom stereocenters. The number of carboxylic acids is 1. The van der Waals surface area contributed by atoms with E-state index in [1.165, 1.54) is 12.8 Å². The predicted molar refractivity (Wildman–Crippen MR) is 122 cm³/mol. The molecule has 4 aromatic rings. The highest BCUT2D eigenvalue weighted by atomic mass is 16.5. The van der Waals surface area contributed by atoms with Gasteiger partial charge in [-0.1, -0.05) is 12.1 Å². The van der Waals surface area contributed by atoms with E-state index in [9.17, 15) is 9.90 Å². The van der Waals surface area contributed by atoms with E-state index in [0.717, 1.165) is 35.1 Å². The first-order chi connectivity index (χ1) is 15.7. The number of hydrogen-bond acceptors (Lipinski definition) is 6. The van der Waals surface area contributed by atoms with Crippen LogP contribution in [0.1, 0.15) is 36.0 Å². The monoisotopic (exact) mass is 426 g/mol. The average Bonchev–Trinajstić information content (AvgIpc) is 3.33. The van der Waals surface area contributed by atoms with Crippen molar-refractivity contribution in [1.29, 1.82) is 0 Å². The Kier molecular flexibility index (Phi) is 5.37. The van der Waals surface area contributed by atoms with E-state index in [1.807, 2.05) is 30.3 Å². The van der Waals surface area contributed by atoms with Crippen LogP contribution in [0.4, 0.5) is 11.5 Å². The van der Waals surface area contributed by atoms with Crippen LogP contribution >= 0.6 is 0 Å². The highest BCUT2D eigenvalue weighted by molar-refractivity contribution is 5.98. The lowest BCUT2D eigenvalue weighted by atomic mass is 10.1. The van der Waals surface area contributed by atoms with Gasteiger partial charge in [0, 0.05) is 23.3 Å². The second-order valence-corrected chi connectivity index (χ2v) is 7.82. The van der Waals surface area contributed by atoms with Crippen molar-refractivity contribution in [2.75, 3.05) is 5.32 Å². The zero-order chi connectivity index (χ0) is 21.9. The zero-order valence-corrected chi connectivity index (χ0v) is 17.4. The van der Waals surface area contributed by atoms with Crippen molar-refractivity contribution in [2.45, 2.75) is 31.8 Å². The maximum Gasteiger partial charge on any atom is 0.337 e. The number of aromatic carboxylic acids is 1. The molecule has 1 fully saturated rings. The molecule has 0 spiro atoms. The van der Waals surface area contributed by atoms with Crippen molar-refractivity contribution in [2.24, 2.45) is 0 Å². The summed E-state index contributed by atoms with van der Waals surface area (Å²) in [7, 11) is 0. The normalized spacial score (nSPS) is 13.9. The van der Waals surface area contributed by atoms with Crippen molar-refractivity contribution < 1.29 is 14.6 Å². The molecule has 0 bridgehead atoms. The smallest absolute Gasteiger partial charge is 0.337 e. The summed E-state index contributed by atoms with van der Waals surface area (Å²) in [5, 5.41) is 13.6. The molecule has 0 radical (unpaired) electrons. The van der Waals surface area contributed by atoms with Crippen LogP contribution < -0.4 is 10.1 Å². The number of pyridine rings is 1. The summed E-state index contributed by atoms with van der Waals surface area (Å²) >= 11 is 0. The van der Waals surface area contributed by atoms with Crippen LogP contribution in [0.2, 0.25) is 0 Å². The van der Waals surface area contributed by atoms with E-state index in [2.05, 4.69) is 10.3 Å². The molecule has 2 heterocycles. The Morgan fingerprint density at radius 2 is 1.88 bits per heavy atom. The van der Waals surface area contributed by atoms with Gasteiger partial charge < -0.3 is 15.2 Å². The lowest BCUT2D eigenvalue weighted by Gasteiger charge is -2.16. The van der Waals surface area contributed by atoms with E-state index >= 15 is 0 Å². The number of aromatic nitrogens is 3. The highest BCUT2D eigenvalue weighted by Gasteiger charge is 2.18. The van der Waals surface area contributed by atoms with E-state index < -0.39 is 5.97 Å². The van der Waals surface area contributed by atoms with Crippen molar-refractivity contribution in [3.63, 3.8) is 0 Å². The number of fused-ring (bicyclic) bond motifs is 1. The van der Waals surface area contributed by atoms with Gasteiger partial charge in [0.1, 0.15) is 11.6 Å². The predicted octanol–water partition coefficient (Wildman–Crippen LogP) is 5.46. The second-order valence-electron chi connectivity index (χ2n) is 7.82. The quantitative estimate of drug-likeness (QED) is 0.423. The average molecular weight is 426 g/mol. The van der Waals surface area contributed by atoms with Gasteiger partial charge >= 0.3 is 5.97 Å². The minimum Gasteiger partial charge on any atom is -0.490 e. The summed E-state index contributed by atoms with van der Waals surface area (Å²) < 4.78 is 6.18. The van der Waals surface area contributed by atoms with Crippen molar-refractivity contribution in [1.82, 2.24) is 15.0 Å². The standard InChI is InChI=1S/C25H22N4O3/c30-25(31)19-9-3-4-10-21(19)28-24-20-14-18(32-17-7-1-2-8-17)11-12-22(20)27-23(29-24)16-6-5-13-26-15-16/h3-6,9-15,17H,1-2,7-8H2,(H,30,31)(H,27,28,29). The fourth-order valence-electron chi connectivity index (χ4n) is 4.01. The molecule has 7 nitrogen and oxygen atoms in total. The Morgan fingerprint density at radius 1 is 1.03 bits per heavy atom. The number of anilines is 2. The number of para-hydroxylation sites is 1. The molecule has 160 valence electrons. The summed E-state index contributed by atoms with van der Waals surface area (Å²) in [6, 6.07) is 16.2. The number of ether oxygens (including phenoxy) is 1. The lowest BCUT2D eigenvalue weighted by Crippen LogP contribution is -2.11. The number of carboxylic acid groups (broad SMARTS) is 1. The minimum absolute atomic E-state index is 0.167. The van der Waals surface area contributed by atoms with Gasteiger partial charge in [-0.05, 0) is 68.1 Å². The molecule has 0 atom stereocenters. The first kappa shape index (κ1) is 19.9. The number of rotatable bonds is 6. The van der Waals surface area contributed by atoms with Gasteiger partial charge in [0.15, 0.2) is 5.82 Å². The number of benzene rings is 2. The molecule has 2 aromatic heterocycles. The summed E-state index contributed by atoms with van der Waals surface area (Å²) in [4.78, 5) is 25.3. The van der Waals surface area contributed by atoms with E-state index in [0.29, 0.717) is 17.3 Å². The Labute approximate surface area is 185 Å². The fourth-order valence-corrected chi connectivity index (χ4v) is 4.01. The van der Waals surface area contributed by atoms with E-state index in [-0.39, 0.29) is 11.7 Å². The lowest BCUT2D eigenvalue weighted by molar-refractivity contribution is 0.0698. The van der Waals surface area contributed by atoms with Gasteiger partial charge in [0.25, 0.3) is 0 Å². The first-order valence-electron chi connectivity index (χ1n) is 10.7. The van der Waals surface area contributed by atoms with Crippen LogP contribution in [0.15, 0.2) is 67.0 Å². The molecule has 7 heteroatoms. The van der Waals surface area contributed by atoms with Gasteiger partial charge in [-0.15, -0.1) is 0 Å². The Morgan fingerprint density at radius 3 is 2.66 bits per heavy atom. The highest BCUT2D eigenvalue weighted by Crippen LogP contribution is 2.32. The Hall–Kier alpha value is -4.00. The maximum absolute atomic E-state index is 11.7. The molecular weight excluding hydrogens is 404 g/mol. The molecular formula is C25H22N4O3. The topological polar surface area (TPSA) is 97.2 Å². The molecule has 1 aliphatic rings. The molecule has 2 aromatic carbocycles. The summed E-state index contributed by atoms with van der Waals surface area (Å²) in [5.74, 6) is 0.769. The maximum atomic E-state index is 11.7. The molecule has 0 saturated heterocycles. The third-order valence-corrected chi connectivity index (χ3v) is 5.60.